The zero-order chi connectivity index (χ0) is 11.3. The van der Waals surface area contributed by atoms with Crippen molar-refractivity contribution in [2.24, 2.45) is 5.92 Å². The maximum absolute atomic E-state index is 11.3. The van der Waals surface area contributed by atoms with E-state index in [0.29, 0.717) is 12.3 Å². The quantitative estimate of drug-likeness (QED) is 0.695. The molecule has 1 heterocycles. The van der Waals surface area contributed by atoms with Gasteiger partial charge in [0.15, 0.2) is 0 Å². The van der Waals surface area contributed by atoms with Gasteiger partial charge in [-0.3, -0.25) is 9.59 Å². The number of nitrogens with one attached hydrogen (secondary N) is 1. The lowest BCUT2D eigenvalue weighted by Crippen LogP contribution is -2.38. The summed E-state index contributed by atoms with van der Waals surface area (Å²) in [6.45, 7) is 2.96. The molecule has 0 aromatic heterocycles. The lowest BCUT2D eigenvalue weighted by atomic mass is 10.0. The number of ether oxygens (including phenoxy) is 1. The highest BCUT2D eigenvalue weighted by Gasteiger charge is 2.18. The van der Waals surface area contributed by atoms with Crippen LogP contribution in [-0.2, 0) is 14.3 Å². The third kappa shape index (κ3) is 4.29. The Bertz CT molecular complexity index is 236. The zero-order valence-corrected chi connectivity index (χ0v) is 8.86. The van der Waals surface area contributed by atoms with Crippen molar-refractivity contribution < 1.29 is 19.4 Å². The molecule has 0 spiro atoms. The van der Waals surface area contributed by atoms with Gasteiger partial charge >= 0.3 is 5.97 Å². The Morgan fingerprint density at radius 2 is 2.33 bits per heavy atom. The fourth-order valence-electron chi connectivity index (χ4n) is 1.52. The molecule has 1 aliphatic rings. The maximum atomic E-state index is 11.3. The van der Waals surface area contributed by atoms with E-state index in [4.69, 9.17) is 9.84 Å². The first-order valence-corrected chi connectivity index (χ1v) is 5.19. The molecule has 86 valence electrons. The lowest BCUT2D eigenvalue weighted by molar-refractivity contribution is -0.141. The summed E-state index contributed by atoms with van der Waals surface area (Å²) < 4.78 is 5.18. The van der Waals surface area contributed by atoms with Gasteiger partial charge < -0.3 is 15.2 Å². The molecule has 0 bridgehead atoms. The van der Waals surface area contributed by atoms with E-state index >= 15 is 0 Å². The Morgan fingerprint density at radius 3 is 2.87 bits per heavy atom. The maximum Gasteiger partial charge on any atom is 0.325 e. The van der Waals surface area contributed by atoms with E-state index in [1.165, 1.54) is 6.92 Å². The molecule has 15 heavy (non-hydrogen) atoms. The minimum atomic E-state index is -1.01. The van der Waals surface area contributed by atoms with Crippen molar-refractivity contribution in [3.8, 4) is 0 Å². The van der Waals surface area contributed by atoms with Crippen molar-refractivity contribution >= 4 is 11.9 Å². The van der Waals surface area contributed by atoms with Gasteiger partial charge in [0, 0.05) is 19.6 Å². The monoisotopic (exact) mass is 215 g/mol. The van der Waals surface area contributed by atoms with Crippen LogP contribution in [0.25, 0.3) is 0 Å². The second-order valence-corrected chi connectivity index (χ2v) is 3.90. The van der Waals surface area contributed by atoms with E-state index in [9.17, 15) is 9.59 Å². The molecule has 0 aliphatic carbocycles. The van der Waals surface area contributed by atoms with Crippen LogP contribution in [0.15, 0.2) is 0 Å². The lowest BCUT2D eigenvalue weighted by Gasteiger charge is -2.10. The topological polar surface area (TPSA) is 75.6 Å². The summed E-state index contributed by atoms with van der Waals surface area (Å²) in [5.74, 6) is -0.750. The molecule has 1 saturated heterocycles. The molecule has 2 N–H and O–H groups in total. The van der Waals surface area contributed by atoms with E-state index in [-0.39, 0.29) is 5.91 Å². The van der Waals surface area contributed by atoms with Crippen LogP contribution in [0.5, 0.6) is 0 Å². The highest BCUT2D eigenvalue weighted by atomic mass is 16.5. The first-order chi connectivity index (χ1) is 7.09. The molecular formula is C10H17NO4. The van der Waals surface area contributed by atoms with Gasteiger partial charge in [-0.25, -0.2) is 0 Å². The fraction of sp³-hybridized carbons (Fsp3) is 0.800. The average Bonchev–Trinajstić information content (AvgIpc) is 2.66. The van der Waals surface area contributed by atoms with Crippen LogP contribution in [-0.4, -0.2) is 36.2 Å². The number of carbonyl (C=O) groups is 2. The molecule has 2 atom stereocenters. The van der Waals surface area contributed by atoms with Gasteiger partial charge in [-0.1, -0.05) is 0 Å². The second-order valence-electron chi connectivity index (χ2n) is 3.90. The van der Waals surface area contributed by atoms with Gasteiger partial charge in [-0.15, -0.1) is 0 Å². The largest absolute Gasteiger partial charge is 0.480 e. The second kappa shape index (κ2) is 5.70. The summed E-state index contributed by atoms with van der Waals surface area (Å²) in [4.78, 5) is 21.8. The summed E-state index contributed by atoms with van der Waals surface area (Å²) in [6.07, 6.45) is 2.16. The van der Waals surface area contributed by atoms with Gasteiger partial charge in [0.1, 0.15) is 6.04 Å². The van der Waals surface area contributed by atoms with Crippen molar-refractivity contribution in [1.29, 1.82) is 0 Å². The Balaban J connectivity index is 2.15. The summed E-state index contributed by atoms with van der Waals surface area (Å²) in [5, 5.41) is 11.0. The molecule has 0 radical (unpaired) electrons. The summed E-state index contributed by atoms with van der Waals surface area (Å²) in [7, 11) is 0. The molecular weight excluding hydrogens is 198 g/mol. The fourth-order valence-corrected chi connectivity index (χ4v) is 1.52. The summed E-state index contributed by atoms with van der Waals surface area (Å²) in [6, 6.07) is -0.808. The van der Waals surface area contributed by atoms with Gasteiger partial charge in [-0.05, 0) is 25.7 Å². The van der Waals surface area contributed by atoms with Crippen LogP contribution in [0.3, 0.4) is 0 Å². The third-order valence-corrected chi connectivity index (χ3v) is 2.55. The Hall–Kier alpha value is -1.10. The van der Waals surface area contributed by atoms with E-state index in [2.05, 4.69) is 5.32 Å². The first-order valence-electron chi connectivity index (χ1n) is 5.19. The van der Waals surface area contributed by atoms with Crippen molar-refractivity contribution in [2.45, 2.75) is 32.2 Å². The van der Waals surface area contributed by atoms with Crippen LogP contribution in [0.4, 0.5) is 0 Å². The van der Waals surface area contributed by atoms with Crippen LogP contribution in [0.1, 0.15) is 26.2 Å². The molecule has 0 saturated carbocycles. The minimum absolute atomic E-state index is 0.197. The SMILES string of the molecule is CC(NC(=O)CCC1CCOC1)C(=O)O. The van der Waals surface area contributed by atoms with Gasteiger partial charge in [0.2, 0.25) is 5.91 Å². The predicted molar refractivity (Wildman–Crippen MR) is 53.4 cm³/mol. The van der Waals surface area contributed by atoms with Gasteiger partial charge in [0.05, 0.1) is 0 Å². The van der Waals surface area contributed by atoms with Crippen LogP contribution in [0.2, 0.25) is 0 Å². The van der Waals surface area contributed by atoms with Gasteiger partial charge in [-0.2, -0.15) is 0 Å². The molecule has 0 aromatic rings. The van der Waals surface area contributed by atoms with E-state index < -0.39 is 12.0 Å². The first kappa shape index (κ1) is 12.0. The van der Waals surface area contributed by atoms with E-state index in [0.717, 1.165) is 26.1 Å². The van der Waals surface area contributed by atoms with E-state index in [1.54, 1.807) is 0 Å². The highest BCUT2D eigenvalue weighted by molar-refractivity contribution is 5.83. The number of hydrogen-bond acceptors (Lipinski definition) is 3. The zero-order valence-electron chi connectivity index (χ0n) is 8.86. The van der Waals surface area contributed by atoms with Crippen molar-refractivity contribution in [2.75, 3.05) is 13.2 Å². The average molecular weight is 215 g/mol. The molecule has 0 aromatic carbocycles. The smallest absolute Gasteiger partial charge is 0.325 e. The third-order valence-electron chi connectivity index (χ3n) is 2.55. The van der Waals surface area contributed by atoms with E-state index in [1.807, 2.05) is 0 Å². The van der Waals surface area contributed by atoms with Crippen LogP contribution in [0, 0.1) is 5.92 Å². The van der Waals surface area contributed by atoms with Crippen LogP contribution < -0.4 is 5.32 Å². The number of amides is 1. The molecule has 5 nitrogen and oxygen atoms in total. The molecule has 1 aliphatic heterocycles. The Morgan fingerprint density at radius 1 is 1.60 bits per heavy atom. The number of carboxylic acid groups (broad SMARTS) is 1. The summed E-state index contributed by atoms with van der Waals surface area (Å²) in [5.41, 5.74) is 0. The van der Waals surface area contributed by atoms with Crippen molar-refractivity contribution in [3.05, 3.63) is 0 Å². The number of aliphatic carboxylic acids is 1. The minimum Gasteiger partial charge on any atom is -0.480 e. The standard InChI is InChI=1S/C10H17NO4/c1-7(10(13)14)11-9(12)3-2-8-4-5-15-6-8/h7-8H,2-6H2,1H3,(H,11,12)(H,13,14). The number of hydrogen-bond donors (Lipinski definition) is 2. The molecule has 1 rings (SSSR count). The molecule has 1 amide bonds. The molecule has 2 unspecified atom stereocenters. The van der Waals surface area contributed by atoms with Crippen molar-refractivity contribution in [3.63, 3.8) is 0 Å². The van der Waals surface area contributed by atoms with Gasteiger partial charge in [0.25, 0.3) is 0 Å². The number of carboxylic acids is 1. The molecule has 1 fully saturated rings. The highest BCUT2D eigenvalue weighted by Crippen LogP contribution is 2.17. The molecule has 5 heteroatoms. The number of rotatable bonds is 5. The normalized spacial score (nSPS) is 22.3. The van der Waals surface area contributed by atoms with Crippen LogP contribution >= 0.6 is 0 Å². The Labute approximate surface area is 88.8 Å². The van der Waals surface area contributed by atoms with Crippen molar-refractivity contribution in [1.82, 2.24) is 5.32 Å². The predicted octanol–water partition coefficient (Wildman–Crippen LogP) is 0.392. The Kier molecular flexibility index (Phi) is 4.55. The number of carbonyl (C=O) groups excluding carboxylic acids is 1. The summed E-state index contributed by atoms with van der Waals surface area (Å²) >= 11 is 0.